The average molecular weight is 360 g/mol. The van der Waals surface area contributed by atoms with E-state index < -0.39 is 10.0 Å². The molecule has 1 N–H and O–H groups in total. The summed E-state index contributed by atoms with van der Waals surface area (Å²) in [5.74, 6) is -0.366. The molecule has 2 aromatic carbocycles. The Labute approximate surface area is 149 Å². The molecule has 1 fully saturated rings. The lowest BCUT2D eigenvalue weighted by Crippen LogP contribution is -2.45. The third-order valence-electron chi connectivity index (χ3n) is 4.87. The van der Waals surface area contributed by atoms with E-state index in [0.29, 0.717) is 13.0 Å². The third kappa shape index (κ3) is 4.02. The van der Waals surface area contributed by atoms with Crippen molar-refractivity contribution < 1.29 is 13.2 Å². The van der Waals surface area contributed by atoms with Crippen LogP contribution >= 0.6 is 0 Å². The van der Waals surface area contributed by atoms with E-state index in [2.05, 4.69) is 23.5 Å². The molecule has 0 radical (unpaired) electrons. The van der Waals surface area contributed by atoms with Crippen molar-refractivity contribution in [1.29, 1.82) is 0 Å². The zero-order chi connectivity index (χ0) is 18.0. The molecule has 1 saturated heterocycles. The molecule has 2 aromatic rings. The topological polar surface area (TPSA) is 66.5 Å². The Morgan fingerprint density at radius 1 is 1.20 bits per heavy atom. The van der Waals surface area contributed by atoms with Crippen molar-refractivity contribution in [1.82, 2.24) is 9.62 Å². The van der Waals surface area contributed by atoms with Crippen molar-refractivity contribution in [2.45, 2.75) is 25.8 Å². The highest BCUT2D eigenvalue weighted by molar-refractivity contribution is 7.88. The molecule has 0 spiro atoms. The molecule has 0 aliphatic carbocycles. The summed E-state index contributed by atoms with van der Waals surface area (Å²) in [4.78, 5) is 12.7. The molecular formula is C19H24N2O3S. The van der Waals surface area contributed by atoms with Crippen LogP contribution in [0.3, 0.4) is 0 Å². The Kier molecular flexibility index (Phi) is 5.11. The van der Waals surface area contributed by atoms with Gasteiger partial charge in [0.25, 0.3) is 0 Å². The second-order valence-corrected chi connectivity index (χ2v) is 8.74. The molecule has 0 saturated carbocycles. The first-order valence-corrected chi connectivity index (χ1v) is 10.4. The number of piperidine rings is 1. The molecule has 1 heterocycles. The first-order valence-electron chi connectivity index (χ1n) is 8.59. The number of nitrogens with zero attached hydrogens (tertiary/aromatic N) is 1. The van der Waals surface area contributed by atoms with Gasteiger partial charge >= 0.3 is 0 Å². The zero-order valence-electron chi connectivity index (χ0n) is 14.6. The number of amides is 1. The largest absolute Gasteiger partial charge is 0.349 e. The molecule has 2 atom stereocenters. The minimum Gasteiger partial charge on any atom is -0.349 e. The number of fused-ring (bicyclic) bond motifs is 1. The quantitative estimate of drug-likeness (QED) is 0.912. The molecule has 0 aromatic heterocycles. The van der Waals surface area contributed by atoms with Gasteiger partial charge in [0, 0.05) is 13.1 Å². The molecule has 1 aliphatic heterocycles. The number of hydrogen-bond donors (Lipinski definition) is 1. The summed E-state index contributed by atoms with van der Waals surface area (Å²) in [5, 5.41) is 5.33. The zero-order valence-corrected chi connectivity index (χ0v) is 15.4. The van der Waals surface area contributed by atoms with Crippen LogP contribution in [0.1, 0.15) is 31.4 Å². The second kappa shape index (κ2) is 7.14. The van der Waals surface area contributed by atoms with E-state index in [0.717, 1.165) is 22.8 Å². The van der Waals surface area contributed by atoms with Gasteiger partial charge in [0.15, 0.2) is 0 Å². The lowest BCUT2D eigenvalue weighted by Gasteiger charge is -2.31. The molecule has 6 heteroatoms. The Bertz CT molecular complexity index is 874. The van der Waals surface area contributed by atoms with Crippen molar-refractivity contribution in [3.63, 3.8) is 0 Å². The summed E-state index contributed by atoms with van der Waals surface area (Å²) < 4.78 is 24.9. The van der Waals surface area contributed by atoms with E-state index >= 15 is 0 Å². The number of hydrogen-bond acceptors (Lipinski definition) is 3. The van der Waals surface area contributed by atoms with Crippen molar-refractivity contribution in [2.24, 2.45) is 5.92 Å². The van der Waals surface area contributed by atoms with Crippen LogP contribution in [0.15, 0.2) is 42.5 Å². The number of sulfonamides is 1. The van der Waals surface area contributed by atoms with Gasteiger partial charge < -0.3 is 5.32 Å². The Hall–Kier alpha value is -1.92. The summed E-state index contributed by atoms with van der Waals surface area (Å²) in [6.07, 6.45) is 2.64. The van der Waals surface area contributed by atoms with Gasteiger partial charge in [0.05, 0.1) is 18.2 Å². The maximum atomic E-state index is 12.7. The predicted molar refractivity (Wildman–Crippen MR) is 99.6 cm³/mol. The van der Waals surface area contributed by atoms with Crippen molar-refractivity contribution in [3.05, 3.63) is 48.0 Å². The molecule has 0 bridgehead atoms. The fourth-order valence-corrected chi connectivity index (χ4v) is 4.41. The Morgan fingerprint density at radius 3 is 2.68 bits per heavy atom. The summed E-state index contributed by atoms with van der Waals surface area (Å²) in [7, 11) is -3.25. The van der Waals surface area contributed by atoms with E-state index in [1.165, 1.54) is 10.6 Å². The number of benzene rings is 2. The van der Waals surface area contributed by atoms with Crippen LogP contribution in [-0.4, -0.2) is 38.0 Å². The first-order chi connectivity index (χ1) is 11.9. The maximum absolute atomic E-state index is 12.7. The highest BCUT2D eigenvalue weighted by atomic mass is 32.2. The lowest BCUT2D eigenvalue weighted by molar-refractivity contribution is -0.126. The number of carbonyl (C=O) groups is 1. The third-order valence-corrected chi connectivity index (χ3v) is 6.14. The summed E-state index contributed by atoms with van der Waals surface area (Å²) in [5.41, 5.74) is 1.07. The van der Waals surface area contributed by atoms with Crippen LogP contribution < -0.4 is 5.32 Å². The van der Waals surface area contributed by atoms with E-state index in [9.17, 15) is 13.2 Å². The normalized spacial score (nSPS) is 20.3. The SMILES string of the molecule is CC(NC(=O)C1CCCN(S(C)(=O)=O)C1)c1cccc2ccccc12. The van der Waals surface area contributed by atoms with Gasteiger partial charge in [0.2, 0.25) is 15.9 Å². The van der Waals surface area contributed by atoms with Gasteiger partial charge in [-0.2, -0.15) is 0 Å². The van der Waals surface area contributed by atoms with Crippen molar-refractivity contribution in [3.8, 4) is 0 Å². The van der Waals surface area contributed by atoms with Gasteiger partial charge in [-0.3, -0.25) is 4.79 Å². The van der Waals surface area contributed by atoms with Gasteiger partial charge in [-0.05, 0) is 36.1 Å². The van der Waals surface area contributed by atoms with Crippen LogP contribution in [0.25, 0.3) is 10.8 Å². The highest BCUT2D eigenvalue weighted by Crippen LogP contribution is 2.25. The Morgan fingerprint density at radius 2 is 1.92 bits per heavy atom. The van der Waals surface area contributed by atoms with Gasteiger partial charge in [0.1, 0.15) is 0 Å². The summed E-state index contributed by atoms with van der Waals surface area (Å²) in [6, 6.07) is 14.0. The van der Waals surface area contributed by atoms with E-state index in [-0.39, 0.29) is 24.4 Å². The van der Waals surface area contributed by atoms with Crippen LogP contribution in [0.4, 0.5) is 0 Å². The van der Waals surface area contributed by atoms with E-state index in [1.54, 1.807) is 0 Å². The maximum Gasteiger partial charge on any atom is 0.224 e. The van der Waals surface area contributed by atoms with Crippen LogP contribution in [0.5, 0.6) is 0 Å². The van der Waals surface area contributed by atoms with Crippen molar-refractivity contribution >= 4 is 26.7 Å². The number of rotatable bonds is 4. The standard InChI is InChI=1S/C19H24N2O3S/c1-14(17-11-5-8-15-7-3-4-10-18(15)17)20-19(22)16-9-6-12-21(13-16)25(2,23)24/h3-5,7-8,10-11,14,16H,6,9,12-13H2,1-2H3,(H,20,22). The van der Waals surface area contributed by atoms with Gasteiger partial charge in [-0.25, -0.2) is 12.7 Å². The molecule has 134 valence electrons. The molecule has 1 aliphatic rings. The predicted octanol–water partition coefficient (Wildman–Crippen LogP) is 2.69. The highest BCUT2D eigenvalue weighted by Gasteiger charge is 2.30. The van der Waals surface area contributed by atoms with Gasteiger partial charge in [-0.15, -0.1) is 0 Å². The lowest BCUT2D eigenvalue weighted by atomic mass is 9.96. The van der Waals surface area contributed by atoms with Crippen LogP contribution in [0.2, 0.25) is 0 Å². The molecule has 25 heavy (non-hydrogen) atoms. The smallest absolute Gasteiger partial charge is 0.224 e. The molecule has 1 amide bonds. The summed E-state index contributed by atoms with van der Waals surface area (Å²) in [6.45, 7) is 2.74. The fraction of sp³-hybridized carbons (Fsp3) is 0.421. The van der Waals surface area contributed by atoms with Crippen LogP contribution in [0, 0.1) is 5.92 Å². The first kappa shape index (κ1) is 17.9. The fourth-order valence-electron chi connectivity index (χ4n) is 3.49. The number of nitrogens with one attached hydrogen (secondary N) is 1. The minimum atomic E-state index is -3.25. The van der Waals surface area contributed by atoms with E-state index in [4.69, 9.17) is 0 Å². The molecule has 5 nitrogen and oxygen atoms in total. The van der Waals surface area contributed by atoms with E-state index in [1.807, 2.05) is 31.2 Å². The minimum absolute atomic E-state index is 0.0752. The number of carbonyl (C=O) groups excluding carboxylic acids is 1. The molecule has 2 unspecified atom stereocenters. The van der Waals surface area contributed by atoms with Crippen LogP contribution in [-0.2, 0) is 14.8 Å². The molecule has 3 rings (SSSR count). The Balaban J connectivity index is 1.74. The van der Waals surface area contributed by atoms with Crippen molar-refractivity contribution in [2.75, 3.05) is 19.3 Å². The summed E-state index contributed by atoms with van der Waals surface area (Å²) >= 11 is 0. The molecular weight excluding hydrogens is 336 g/mol. The second-order valence-electron chi connectivity index (χ2n) is 6.76. The average Bonchev–Trinajstić information content (AvgIpc) is 2.60. The van der Waals surface area contributed by atoms with Gasteiger partial charge in [-0.1, -0.05) is 42.5 Å². The monoisotopic (exact) mass is 360 g/mol.